The SMILES string of the molecule is Cc1n[nH]c(C)c1NC(=O)c1cccn1CC(F)(F)F. The molecule has 2 aromatic rings. The normalized spacial score (nSPS) is 11.7. The van der Waals surface area contributed by atoms with E-state index in [1.54, 1.807) is 13.8 Å². The van der Waals surface area contributed by atoms with Crippen LogP contribution in [-0.2, 0) is 6.54 Å². The molecule has 20 heavy (non-hydrogen) atoms. The van der Waals surface area contributed by atoms with Crippen molar-refractivity contribution in [2.24, 2.45) is 0 Å². The molecule has 2 heterocycles. The molecule has 2 aromatic heterocycles. The van der Waals surface area contributed by atoms with Crippen LogP contribution in [0.25, 0.3) is 0 Å². The van der Waals surface area contributed by atoms with Gasteiger partial charge in [-0.15, -0.1) is 0 Å². The van der Waals surface area contributed by atoms with Gasteiger partial charge >= 0.3 is 6.18 Å². The molecule has 2 N–H and O–H groups in total. The molecule has 0 fully saturated rings. The number of anilines is 1. The van der Waals surface area contributed by atoms with Crippen molar-refractivity contribution in [2.75, 3.05) is 5.32 Å². The maximum absolute atomic E-state index is 12.4. The number of carbonyl (C=O) groups excluding carboxylic acids is 1. The minimum Gasteiger partial charge on any atom is -0.334 e. The first-order valence-corrected chi connectivity index (χ1v) is 5.83. The molecule has 0 saturated carbocycles. The Morgan fingerprint density at radius 3 is 2.70 bits per heavy atom. The molecule has 5 nitrogen and oxygen atoms in total. The first kappa shape index (κ1) is 14.2. The maximum atomic E-state index is 12.4. The van der Waals surface area contributed by atoms with Crippen LogP contribution >= 0.6 is 0 Å². The van der Waals surface area contributed by atoms with E-state index in [0.717, 1.165) is 4.57 Å². The highest BCUT2D eigenvalue weighted by Gasteiger charge is 2.29. The number of amides is 1. The molecule has 0 radical (unpaired) electrons. The van der Waals surface area contributed by atoms with Crippen LogP contribution < -0.4 is 5.32 Å². The fourth-order valence-electron chi connectivity index (χ4n) is 1.86. The second-order valence-electron chi connectivity index (χ2n) is 4.40. The number of halogens is 3. The van der Waals surface area contributed by atoms with Gasteiger partial charge in [0, 0.05) is 6.20 Å². The number of alkyl halides is 3. The van der Waals surface area contributed by atoms with Crippen molar-refractivity contribution in [3.05, 3.63) is 35.4 Å². The largest absolute Gasteiger partial charge is 0.406 e. The molecule has 0 aliphatic rings. The van der Waals surface area contributed by atoms with Crippen LogP contribution in [0, 0.1) is 13.8 Å². The number of hydrogen-bond acceptors (Lipinski definition) is 2. The molecular formula is C12H13F3N4O. The highest BCUT2D eigenvalue weighted by atomic mass is 19.4. The Balaban J connectivity index is 2.21. The average molecular weight is 286 g/mol. The summed E-state index contributed by atoms with van der Waals surface area (Å²) in [6, 6.07) is 2.74. The van der Waals surface area contributed by atoms with Crippen LogP contribution in [0.2, 0.25) is 0 Å². The number of nitrogens with zero attached hydrogens (tertiary/aromatic N) is 2. The summed E-state index contributed by atoms with van der Waals surface area (Å²) in [5, 5.41) is 9.16. The number of aryl methyl sites for hydroxylation is 2. The summed E-state index contributed by atoms with van der Waals surface area (Å²) in [7, 11) is 0. The molecule has 0 saturated heterocycles. The van der Waals surface area contributed by atoms with E-state index < -0.39 is 18.6 Å². The van der Waals surface area contributed by atoms with E-state index in [2.05, 4.69) is 15.5 Å². The Morgan fingerprint density at radius 1 is 1.45 bits per heavy atom. The van der Waals surface area contributed by atoms with Gasteiger partial charge < -0.3 is 9.88 Å². The van der Waals surface area contributed by atoms with E-state index in [1.165, 1.54) is 18.3 Å². The zero-order chi connectivity index (χ0) is 14.9. The van der Waals surface area contributed by atoms with Gasteiger partial charge in [0.1, 0.15) is 12.2 Å². The number of nitrogens with one attached hydrogen (secondary N) is 2. The van der Waals surface area contributed by atoms with E-state index in [9.17, 15) is 18.0 Å². The van der Waals surface area contributed by atoms with Crippen LogP contribution in [-0.4, -0.2) is 26.8 Å². The Bertz CT molecular complexity index is 607. The predicted octanol–water partition coefficient (Wildman–Crippen LogP) is 2.64. The topological polar surface area (TPSA) is 62.7 Å². The molecular weight excluding hydrogens is 273 g/mol. The van der Waals surface area contributed by atoms with Gasteiger partial charge in [-0.25, -0.2) is 0 Å². The molecule has 0 aliphatic carbocycles. The van der Waals surface area contributed by atoms with Crippen LogP contribution in [0.15, 0.2) is 18.3 Å². The van der Waals surface area contributed by atoms with Crippen LogP contribution in [0.5, 0.6) is 0 Å². The lowest BCUT2D eigenvalue weighted by molar-refractivity contribution is -0.140. The van der Waals surface area contributed by atoms with Crippen molar-refractivity contribution in [2.45, 2.75) is 26.6 Å². The van der Waals surface area contributed by atoms with Gasteiger partial charge in [-0.1, -0.05) is 0 Å². The van der Waals surface area contributed by atoms with E-state index in [1.807, 2.05) is 0 Å². The standard InChI is InChI=1S/C12H13F3N4O/c1-7-10(8(2)18-17-7)16-11(20)9-4-3-5-19(9)6-12(13,14)15/h3-5H,6H2,1-2H3,(H,16,20)(H,17,18). The molecule has 0 unspecified atom stereocenters. The molecule has 108 valence electrons. The quantitative estimate of drug-likeness (QED) is 0.911. The smallest absolute Gasteiger partial charge is 0.334 e. The first-order chi connectivity index (χ1) is 9.28. The second kappa shape index (κ2) is 5.03. The van der Waals surface area contributed by atoms with Crippen LogP contribution in [0.3, 0.4) is 0 Å². The maximum Gasteiger partial charge on any atom is 0.406 e. The van der Waals surface area contributed by atoms with Crippen molar-refractivity contribution < 1.29 is 18.0 Å². The highest BCUT2D eigenvalue weighted by molar-refractivity contribution is 6.03. The summed E-state index contributed by atoms with van der Waals surface area (Å²) in [6.07, 6.45) is -3.16. The first-order valence-electron chi connectivity index (χ1n) is 5.83. The third-order valence-corrected chi connectivity index (χ3v) is 2.78. The second-order valence-corrected chi connectivity index (χ2v) is 4.40. The number of rotatable bonds is 3. The fraction of sp³-hybridized carbons (Fsp3) is 0.333. The molecule has 0 spiro atoms. The van der Waals surface area contributed by atoms with Crippen molar-refractivity contribution in [1.82, 2.24) is 14.8 Å². The molecule has 0 atom stereocenters. The van der Waals surface area contributed by atoms with E-state index in [4.69, 9.17) is 0 Å². The predicted molar refractivity (Wildman–Crippen MR) is 66.5 cm³/mol. The lowest BCUT2D eigenvalue weighted by Gasteiger charge is -2.12. The third-order valence-electron chi connectivity index (χ3n) is 2.78. The molecule has 0 bridgehead atoms. The van der Waals surface area contributed by atoms with E-state index in [-0.39, 0.29) is 5.69 Å². The number of aromatic nitrogens is 3. The van der Waals surface area contributed by atoms with Crippen molar-refractivity contribution in [3.63, 3.8) is 0 Å². The average Bonchev–Trinajstić information content (AvgIpc) is 2.88. The molecule has 1 amide bonds. The zero-order valence-electron chi connectivity index (χ0n) is 10.9. The van der Waals surface area contributed by atoms with Gasteiger partial charge in [-0.05, 0) is 26.0 Å². The van der Waals surface area contributed by atoms with Crippen molar-refractivity contribution >= 4 is 11.6 Å². The summed E-state index contributed by atoms with van der Waals surface area (Å²) in [5.74, 6) is -0.605. The monoisotopic (exact) mass is 286 g/mol. The van der Waals surface area contributed by atoms with Gasteiger partial charge in [-0.2, -0.15) is 18.3 Å². The summed E-state index contributed by atoms with van der Waals surface area (Å²) in [4.78, 5) is 12.0. The third kappa shape index (κ3) is 3.01. The number of aromatic amines is 1. The number of H-pyrrole nitrogens is 1. The van der Waals surface area contributed by atoms with Gasteiger partial charge in [0.2, 0.25) is 0 Å². The van der Waals surface area contributed by atoms with Gasteiger partial charge in [0.25, 0.3) is 5.91 Å². The Morgan fingerprint density at radius 2 is 2.15 bits per heavy atom. The number of hydrogen-bond donors (Lipinski definition) is 2. The highest BCUT2D eigenvalue weighted by Crippen LogP contribution is 2.21. The van der Waals surface area contributed by atoms with Crippen molar-refractivity contribution in [1.29, 1.82) is 0 Å². The van der Waals surface area contributed by atoms with Crippen LogP contribution in [0.1, 0.15) is 21.9 Å². The molecule has 0 aliphatic heterocycles. The van der Waals surface area contributed by atoms with E-state index in [0.29, 0.717) is 17.1 Å². The summed E-state index contributed by atoms with van der Waals surface area (Å²) in [6.45, 7) is 2.20. The Hall–Kier alpha value is -2.25. The van der Waals surface area contributed by atoms with E-state index >= 15 is 0 Å². The summed E-state index contributed by atoms with van der Waals surface area (Å²) in [5.41, 5.74) is 1.65. The Kier molecular flexibility index (Phi) is 3.56. The van der Waals surface area contributed by atoms with Gasteiger partial charge in [0.05, 0.1) is 17.1 Å². The zero-order valence-corrected chi connectivity index (χ0v) is 10.9. The lowest BCUT2D eigenvalue weighted by atomic mass is 10.3. The summed E-state index contributed by atoms with van der Waals surface area (Å²) < 4.78 is 38.1. The van der Waals surface area contributed by atoms with Crippen molar-refractivity contribution in [3.8, 4) is 0 Å². The number of carbonyl (C=O) groups is 1. The minimum absolute atomic E-state index is 0.0534. The fourth-order valence-corrected chi connectivity index (χ4v) is 1.86. The molecule has 0 aromatic carbocycles. The van der Waals surface area contributed by atoms with Gasteiger partial charge in [-0.3, -0.25) is 9.89 Å². The lowest BCUT2D eigenvalue weighted by Crippen LogP contribution is -2.23. The molecule has 2 rings (SSSR count). The minimum atomic E-state index is -4.38. The van der Waals surface area contributed by atoms with Gasteiger partial charge in [0.15, 0.2) is 0 Å². The Labute approximate surface area is 112 Å². The molecule has 8 heteroatoms. The van der Waals surface area contributed by atoms with Crippen LogP contribution in [0.4, 0.5) is 18.9 Å². The summed E-state index contributed by atoms with van der Waals surface area (Å²) >= 11 is 0.